The van der Waals surface area contributed by atoms with Crippen molar-refractivity contribution in [1.82, 2.24) is 9.13 Å². The summed E-state index contributed by atoms with van der Waals surface area (Å²) in [6, 6.07) is 135. The highest BCUT2D eigenvalue weighted by atomic mass is 15.2. The molecular weight excluding hydrogens is 1220 g/mol. The van der Waals surface area contributed by atoms with Crippen LogP contribution in [0.25, 0.3) is 153 Å². The summed E-state index contributed by atoms with van der Waals surface area (Å²) in [5.74, 6) is 0. The van der Waals surface area contributed by atoms with Gasteiger partial charge in [-0.1, -0.05) is 255 Å². The molecule has 0 N–H and O–H groups in total. The maximum Gasteiger partial charge on any atom is 0.252 e. The Morgan fingerprint density at radius 3 is 0.941 bits per heavy atom. The fraction of sp³-hybridized carbons (Fsp3) is 0. The summed E-state index contributed by atoms with van der Waals surface area (Å²) in [5.41, 5.74) is 24.3. The number of hydrogen-bond acceptors (Lipinski definition) is 2. The number of nitrogens with zero attached hydrogens (tertiary/aromatic N) is 4. The molecule has 101 heavy (non-hydrogen) atoms. The van der Waals surface area contributed by atoms with Crippen LogP contribution in [0, 0.1) is 0 Å². The minimum Gasteiger partial charge on any atom is -0.311 e. The second-order valence-corrected chi connectivity index (χ2v) is 27.4. The first-order chi connectivity index (χ1) is 50.1. The predicted octanol–water partition coefficient (Wildman–Crippen LogP) is 23.9. The van der Waals surface area contributed by atoms with E-state index in [0.29, 0.717) is 0 Å². The summed E-state index contributed by atoms with van der Waals surface area (Å²) < 4.78 is 5.01. The van der Waals surface area contributed by atoms with E-state index < -0.39 is 0 Å². The van der Waals surface area contributed by atoms with E-state index in [1.54, 1.807) is 0 Å². The molecule has 0 unspecified atom stereocenters. The Hall–Kier alpha value is -13.2. The van der Waals surface area contributed by atoms with Crippen molar-refractivity contribution in [2.24, 2.45) is 0 Å². The third kappa shape index (κ3) is 8.14. The molecule has 0 atom stereocenters. The Labute approximate surface area is 583 Å². The van der Waals surface area contributed by atoms with Crippen molar-refractivity contribution in [2.45, 2.75) is 0 Å². The normalized spacial score (nSPS) is 12.7. The molecule has 466 valence electrons. The minimum atomic E-state index is -0.291. The number of hydrogen-bond donors (Lipinski definition) is 0. The molecule has 2 aromatic heterocycles. The molecule has 18 aromatic carbocycles. The summed E-state index contributed by atoms with van der Waals surface area (Å²) in [7, 11) is 0. The standard InChI is InChI=1S/C96H59BN4/c1-3-30-64(31-4-1)98-86-47-23-21-45-77(86)82-56-92-84(58-90(82)98)97-85-59-91-83(78-46-22-24-48-87(78)99(91)65-32-5-2-6-33-65)57-93(85)101(89-50-26-20-44-76(89)81-53-62-29-9-12-36-68(62)71-39-15-18-42-74(71)81)95-55-63(79-51-60-27-7-10-34-66(60)69-37-13-16-40-72(69)79)54-94(96(95)97)100(92)88-49-25-19-43-75(88)80-52-61-28-8-11-35-67(61)70-38-14-17-41-73(70)80/h1-59H. The van der Waals surface area contributed by atoms with Gasteiger partial charge in [-0.05, 0) is 206 Å². The first-order valence-electron chi connectivity index (χ1n) is 35.1. The van der Waals surface area contributed by atoms with Gasteiger partial charge in [0.2, 0.25) is 0 Å². The molecule has 0 radical (unpaired) electrons. The third-order valence-electron chi connectivity index (χ3n) is 22.2. The lowest BCUT2D eigenvalue weighted by molar-refractivity contribution is 1.18. The molecule has 0 fully saturated rings. The fourth-order valence-electron chi connectivity index (χ4n) is 17.9. The van der Waals surface area contributed by atoms with Crippen molar-refractivity contribution in [3.8, 4) is 44.8 Å². The third-order valence-corrected chi connectivity index (χ3v) is 22.2. The number of rotatable bonds is 7. The number of benzene rings is 18. The zero-order valence-electron chi connectivity index (χ0n) is 54.9. The van der Waals surface area contributed by atoms with Crippen molar-refractivity contribution < 1.29 is 0 Å². The predicted molar refractivity (Wildman–Crippen MR) is 430 cm³/mol. The molecule has 0 saturated carbocycles. The van der Waals surface area contributed by atoms with Crippen molar-refractivity contribution in [3.05, 3.63) is 358 Å². The second-order valence-electron chi connectivity index (χ2n) is 27.4. The van der Waals surface area contributed by atoms with Gasteiger partial charge < -0.3 is 18.9 Å². The first-order valence-corrected chi connectivity index (χ1v) is 35.1. The lowest BCUT2D eigenvalue weighted by atomic mass is 9.33. The van der Waals surface area contributed by atoms with Gasteiger partial charge in [-0.2, -0.15) is 0 Å². The highest BCUT2D eigenvalue weighted by Gasteiger charge is 2.46. The molecule has 4 heterocycles. The van der Waals surface area contributed by atoms with E-state index in [1.807, 2.05) is 0 Å². The van der Waals surface area contributed by atoms with E-state index >= 15 is 0 Å². The SMILES string of the molecule is c1ccc(-n2c3ccccc3c3cc4c(cc32)B2c3cc5c(cc3N(c3ccccc3-c3cc6ccccc6c6ccccc36)c3cc(-c6cc7ccccc7c7ccccc67)cc(c32)N4c2ccccc2-c2cc3ccccc3c3ccccc23)c2ccccc2n5-c2ccccc2)cc1. The number of fused-ring (bicyclic) bond motifs is 19. The maximum absolute atomic E-state index is 2.69. The summed E-state index contributed by atoms with van der Waals surface area (Å²) in [4.78, 5) is 5.38. The van der Waals surface area contributed by atoms with Gasteiger partial charge in [0.05, 0.1) is 33.4 Å². The minimum absolute atomic E-state index is 0.291. The molecule has 4 nitrogen and oxygen atoms in total. The lowest BCUT2D eigenvalue weighted by Crippen LogP contribution is -2.61. The average molecular weight is 1280 g/mol. The van der Waals surface area contributed by atoms with Gasteiger partial charge in [0, 0.05) is 66.8 Å². The zero-order chi connectivity index (χ0) is 66.0. The summed E-state index contributed by atoms with van der Waals surface area (Å²) in [6.45, 7) is -0.291. The molecule has 0 saturated heterocycles. The molecule has 20 aromatic rings. The van der Waals surface area contributed by atoms with E-state index in [4.69, 9.17) is 0 Å². The van der Waals surface area contributed by atoms with Crippen LogP contribution < -0.4 is 26.2 Å². The zero-order valence-corrected chi connectivity index (χ0v) is 54.9. The maximum atomic E-state index is 2.69. The molecule has 0 amide bonds. The molecule has 0 spiro atoms. The fourth-order valence-corrected chi connectivity index (χ4v) is 17.9. The highest BCUT2D eigenvalue weighted by Crippen LogP contribution is 2.54. The quantitative estimate of drug-likeness (QED) is 0.117. The average Bonchev–Trinajstić information content (AvgIpc) is 1.66. The molecule has 2 aliphatic heterocycles. The van der Waals surface area contributed by atoms with Crippen LogP contribution in [0.5, 0.6) is 0 Å². The molecule has 5 heteroatoms. The number of anilines is 6. The van der Waals surface area contributed by atoms with Gasteiger partial charge in [0.1, 0.15) is 0 Å². The van der Waals surface area contributed by atoms with E-state index in [2.05, 4.69) is 377 Å². The summed E-state index contributed by atoms with van der Waals surface area (Å²) in [6.07, 6.45) is 0. The van der Waals surface area contributed by atoms with Crippen LogP contribution in [0.1, 0.15) is 0 Å². The molecule has 0 aliphatic carbocycles. The first kappa shape index (κ1) is 55.9. The van der Waals surface area contributed by atoms with Gasteiger partial charge in [-0.15, -0.1) is 0 Å². The van der Waals surface area contributed by atoms with Crippen LogP contribution in [0.3, 0.4) is 0 Å². The Balaban J connectivity index is 0.943. The van der Waals surface area contributed by atoms with Gasteiger partial charge in [-0.3, -0.25) is 0 Å². The molecule has 0 bridgehead atoms. The summed E-state index contributed by atoms with van der Waals surface area (Å²) >= 11 is 0. The van der Waals surface area contributed by atoms with Crippen LogP contribution in [0.4, 0.5) is 34.1 Å². The van der Waals surface area contributed by atoms with Crippen LogP contribution >= 0.6 is 0 Å². The Bertz CT molecular complexity index is 6570. The van der Waals surface area contributed by atoms with Crippen LogP contribution in [0.15, 0.2) is 358 Å². The van der Waals surface area contributed by atoms with Gasteiger partial charge in [0.15, 0.2) is 0 Å². The topological polar surface area (TPSA) is 16.3 Å². The van der Waals surface area contributed by atoms with Crippen molar-refractivity contribution in [2.75, 3.05) is 9.80 Å². The number of aromatic nitrogens is 2. The van der Waals surface area contributed by atoms with Crippen molar-refractivity contribution in [1.29, 1.82) is 0 Å². The Morgan fingerprint density at radius 1 is 0.188 bits per heavy atom. The van der Waals surface area contributed by atoms with Crippen LogP contribution in [0.2, 0.25) is 0 Å². The Kier molecular flexibility index (Phi) is 12.0. The van der Waals surface area contributed by atoms with Crippen molar-refractivity contribution in [3.63, 3.8) is 0 Å². The molecule has 2 aliphatic rings. The highest BCUT2D eigenvalue weighted by molar-refractivity contribution is 7.00. The molecular formula is C96H59BN4. The van der Waals surface area contributed by atoms with Crippen molar-refractivity contribution >= 4 is 165 Å². The number of para-hydroxylation sites is 6. The van der Waals surface area contributed by atoms with Gasteiger partial charge in [-0.25, -0.2) is 0 Å². The lowest BCUT2D eigenvalue weighted by Gasteiger charge is -2.45. The van der Waals surface area contributed by atoms with E-state index in [1.165, 1.54) is 119 Å². The van der Waals surface area contributed by atoms with Gasteiger partial charge in [0.25, 0.3) is 6.71 Å². The monoisotopic (exact) mass is 1280 g/mol. The van der Waals surface area contributed by atoms with E-state index in [9.17, 15) is 0 Å². The largest absolute Gasteiger partial charge is 0.311 e. The smallest absolute Gasteiger partial charge is 0.252 e. The second kappa shape index (κ2) is 21.6. The van der Waals surface area contributed by atoms with Gasteiger partial charge >= 0.3 is 0 Å². The van der Waals surface area contributed by atoms with E-state index in [0.717, 1.165) is 84.3 Å². The Morgan fingerprint density at radius 2 is 0.515 bits per heavy atom. The van der Waals surface area contributed by atoms with Crippen LogP contribution in [-0.4, -0.2) is 15.8 Å². The van der Waals surface area contributed by atoms with Crippen LogP contribution in [-0.2, 0) is 0 Å². The molecule has 22 rings (SSSR count). The van der Waals surface area contributed by atoms with E-state index in [-0.39, 0.29) is 6.71 Å². The summed E-state index contributed by atoms with van der Waals surface area (Å²) in [5, 5.41) is 19.4.